The van der Waals surface area contributed by atoms with E-state index in [-0.39, 0.29) is 17.3 Å². The molecule has 0 aliphatic heterocycles. The van der Waals surface area contributed by atoms with Gasteiger partial charge in [0.25, 0.3) is 0 Å². The van der Waals surface area contributed by atoms with Gasteiger partial charge in [-0.05, 0) is 103 Å². The summed E-state index contributed by atoms with van der Waals surface area (Å²) in [6.45, 7) is 4.41. The first-order chi connectivity index (χ1) is 27.9. The average Bonchev–Trinajstić information content (AvgIpc) is 4.09. The minimum absolute atomic E-state index is 0.0244. The van der Waals surface area contributed by atoms with Gasteiger partial charge < -0.3 is 15.0 Å². The molecule has 0 aliphatic rings. The van der Waals surface area contributed by atoms with Crippen LogP contribution in [0.2, 0.25) is 0 Å². The third-order valence-electron chi connectivity index (χ3n) is 9.89. The van der Waals surface area contributed by atoms with Gasteiger partial charge in [0.05, 0.1) is 0 Å². The van der Waals surface area contributed by atoms with Gasteiger partial charge >= 0.3 is 0 Å². The molecule has 3 aromatic heterocycles. The first-order valence-electron chi connectivity index (χ1n) is 20.8. The predicted molar refractivity (Wildman–Crippen MR) is 236 cm³/mol. The van der Waals surface area contributed by atoms with Crippen LogP contribution in [-0.2, 0) is 25.7 Å². The Kier molecular flexibility index (Phi) is 20.2. The number of rotatable bonds is 21. The van der Waals surface area contributed by atoms with Crippen molar-refractivity contribution in [3.05, 3.63) is 185 Å². The maximum atomic E-state index is 11.9. The number of aromatic nitrogens is 3. The zero-order chi connectivity index (χ0) is 40.3. The Bertz CT molecular complexity index is 1970. The average molecular weight is 764 g/mol. The van der Waals surface area contributed by atoms with Crippen LogP contribution in [0.3, 0.4) is 0 Å². The smallest absolute Gasteiger partial charge is 0.187 e. The van der Waals surface area contributed by atoms with Gasteiger partial charge in [0.2, 0.25) is 0 Å². The first kappa shape index (κ1) is 44.0. The van der Waals surface area contributed by atoms with Gasteiger partial charge in [0.1, 0.15) is 0 Å². The Morgan fingerprint density at radius 2 is 0.912 bits per heavy atom. The van der Waals surface area contributed by atoms with E-state index in [1.807, 2.05) is 18.2 Å². The highest BCUT2D eigenvalue weighted by molar-refractivity contribution is 6.06. The van der Waals surface area contributed by atoms with E-state index in [0.29, 0.717) is 18.4 Å². The van der Waals surface area contributed by atoms with Crippen molar-refractivity contribution in [2.24, 2.45) is 0 Å². The van der Waals surface area contributed by atoms with Crippen molar-refractivity contribution < 1.29 is 14.4 Å². The second-order valence-corrected chi connectivity index (χ2v) is 14.5. The summed E-state index contributed by atoms with van der Waals surface area (Å²) in [6.07, 6.45) is 29.0. The summed E-state index contributed by atoms with van der Waals surface area (Å²) in [5, 5.41) is 0. The lowest BCUT2D eigenvalue weighted by atomic mass is 10.0. The topological polar surface area (TPSA) is 98.6 Å². The molecule has 0 saturated carbocycles. The van der Waals surface area contributed by atoms with Gasteiger partial charge in [-0.3, -0.25) is 14.4 Å². The molecule has 3 aromatic carbocycles. The normalized spacial score (nSPS) is 10.7. The van der Waals surface area contributed by atoms with E-state index in [1.54, 1.807) is 49.3 Å². The number of hydrogen-bond donors (Lipinski definition) is 3. The Morgan fingerprint density at radius 3 is 1.44 bits per heavy atom. The van der Waals surface area contributed by atoms with E-state index in [9.17, 15) is 14.4 Å². The number of aryl methyl sites for hydroxylation is 4. The van der Waals surface area contributed by atoms with E-state index in [0.717, 1.165) is 55.2 Å². The minimum Gasteiger partial charge on any atom is -0.367 e. The van der Waals surface area contributed by atoms with E-state index in [1.165, 1.54) is 60.8 Å². The fourth-order valence-corrected chi connectivity index (χ4v) is 6.33. The van der Waals surface area contributed by atoms with Crippen LogP contribution in [0.4, 0.5) is 0 Å². The van der Waals surface area contributed by atoms with Crippen LogP contribution in [0.5, 0.6) is 0 Å². The van der Waals surface area contributed by atoms with Gasteiger partial charge in [0.15, 0.2) is 17.3 Å². The number of allylic oxidation sites excluding steroid dienone is 1. The Morgan fingerprint density at radius 1 is 0.456 bits per heavy atom. The molecular formula is C51H61N3O3. The van der Waals surface area contributed by atoms with E-state index >= 15 is 0 Å². The summed E-state index contributed by atoms with van der Waals surface area (Å²) in [5.74, 6) is 0.483. The number of H-pyrrole nitrogens is 3. The molecule has 6 heteroatoms. The number of hydrogen-bond acceptors (Lipinski definition) is 3. The van der Waals surface area contributed by atoms with Gasteiger partial charge in [-0.2, -0.15) is 0 Å². The number of Topliss-reactive ketones (excluding diaryl/α,β-unsaturated/α-hetero) is 2. The molecule has 6 nitrogen and oxygen atoms in total. The summed E-state index contributed by atoms with van der Waals surface area (Å²) in [5.41, 5.74) is 8.73. The number of unbranched alkanes of at least 4 members (excludes halogenated alkanes) is 5. The first-order valence-corrected chi connectivity index (χ1v) is 20.8. The third-order valence-corrected chi connectivity index (χ3v) is 9.89. The van der Waals surface area contributed by atoms with E-state index in [2.05, 4.69) is 108 Å². The highest BCUT2D eigenvalue weighted by Gasteiger charge is 2.07. The molecule has 57 heavy (non-hydrogen) atoms. The molecule has 298 valence electrons. The van der Waals surface area contributed by atoms with Crippen molar-refractivity contribution in [2.45, 2.75) is 104 Å². The maximum absolute atomic E-state index is 11.9. The van der Waals surface area contributed by atoms with Crippen LogP contribution in [0.1, 0.15) is 137 Å². The van der Waals surface area contributed by atoms with Crippen molar-refractivity contribution in [2.75, 3.05) is 0 Å². The molecule has 0 radical (unpaired) electrons. The van der Waals surface area contributed by atoms with E-state index < -0.39 is 0 Å². The summed E-state index contributed by atoms with van der Waals surface area (Å²) in [4.78, 5) is 44.1. The van der Waals surface area contributed by atoms with Gasteiger partial charge in [-0.25, -0.2) is 0 Å². The van der Waals surface area contributed by atoms with Crippen LogP contribution in [0.15, 0.2) is 140 Å². The van der Waals surface area contributed by atoms with Gasteiger partial charge in [-0.15, -0.1) is 0 Å². The number of carbonyl (C=O) groups is 3. The lowest BCUT2D eigenvalue weighted by Gasteiger charge is -2.03. The molecule has 6 aromatic rings. The van der Waals surface area contributed by atoms with Gasteiger partial charge in [-0.1, -0.05) is 124 Å². The summed E-state index contributed by atoms with van der Waals surface area (Å²) in [6, 6.07) is 33.1. The lowest BCUT2D eigenvalue weighted by molar-refractivity contribution is 0.0973. The van der Waals surface area contributed by atoms with Crippen molar-refractivity contribution in [1.29, 1.82) is 0 Å². The maximum Gasteiger partial charge on any atom is 0.187 e. The van der Waals surface area contributed by atoms with Crippen molar-refractivity contribution in [3.8, 4) is 0 Å². The molecule has 0 spiro atoms. The molecule has 0 atom stereocenters. The number of nitrogens with one attached hydrogen (secondary N) is 3. The minimum atomic E-state index is 0.0244. The molecule has 0 unspecified atom stereocenters. The molecule has 0 aliphatic carbocycles. The Labute approximate surface area is 340 Å². The number of carbonyl (C=O) groups excluding carboxylic acids is 3. The molecule has 0 saturated heterocycles. The second kappa shape index (κ2) is 26.2. The van der Waals surface area contributed by atoms with Crippen LogP contribution in [-0.4, -0.2) is 32.3 Å². The Balaban J connectivity index is 0.000000189. The quantitative estimate of drug-likeness (QED) is 0.0387. The van der Waals surface area contributed by atoms with E-state index in [4.69, 9.17) is 0 Å². The zero-order valence-corrected chi connectivity index (χ0v) is 34.0. The molecule has 0 amide bonds. The molecular weight excluding hydrogens is 703 g/mol. The molecule has 0 fully saturated rings. The fourth-order valence-electron chi connectivity index (χ4n) is 6.33. The van der Waals surface area contributed by atoms with Crippen molar-refractivity contribution >= 4 is 23.4 Å². The monoisotopic (exact) mass is 763 g/mol. The van der Waals surface area contributed by atoms with Crippen LogP contribution in [0.25, 0.3) is 6.08 Å². The molecule has 3 N–H and O–H groups in total. The predicted octanol–water partition coefficient (Wildman–Crippen LogP) is 12.8. The largest absolute Gasteiger partial charge is 0.367 e. The third kappa shape index (κ3) is 17.3. The summed E-state index contributed by atoms with van der Waals surface area (Å²) >= 11 is 0. The highest BCUT2D eigenvalue weighted by atomic mass is 16.1. The van der Waals surface area contributed by atoms with Crippen LogP contribution in [0, 0.1) is 0 Å². The second-order valence-electron chi connectivity index (χ2n) is 14.5. The van der Waals surface area contributed by atoms with Crippen LogP contribution >= 0.6 is 0 Å². The Hall–Kier alpha value is -5.75. The number of ketones is 3. The standard InChI is InChI=1S/2C17H21NO.C17H19NO/c19-17(16-12-13-18-14-16)11-7-2-1-4-8-15-9-5-3-6-10-15;2*1-2-3-4-14-5-7-15(8-6-14)9-10-17(19)16-11-12-18-13-16/h3,5-6,9-10,12-14,18H,1-2,4,7-8,11H2;5-8,11-13,18H,2-4,9-10H2,1H3;5-13,18H,2-4H2,1H3/b;;10-9+. The van der Waals surface area contributed by atoms with Crippen molar-refractivity contribution in [3.63, 3.8) is 0 Å². The lowest BCUT2D eigenvalue weighted by Crippen LogP contribution is -1.99. The van der Waals surface area contributed by atoms with Crippen molar-refractivity contribution in [1.82, 2.24) is 15.0 Å². The molecule has 3 heterocycles. The fraction of sp³-hybridized carbons (Fsp3) is 0.314. The summed E-state index contributed by atoms with van der Waals surface area (Å²) < 4.78 is 0. The molecule has 0 bridgehead atoms. The van der Waals surface area contributed by atoms with Gasteiger partial charge in [0, 0.05) is 66.7 Å². The number of benzene rings is 3. The zero-order valence-electron chi connectivity index (χ0n) is 34.0. The number of aromatic amines is 3. The summed E-state index contributed by atoms with van der Waals surface area (Å²) in [7, 11) is 0. The molecule has 6 rings (SSSR count). The van der Waals surface area contributed by atoms with Crippen LogP contribution < -0.4 is 0 Å². The SMILES string of the molecule is CCCCc1ccc(/C=C/C(=O)c2cc[nH]c2)cc1.CCCCc1ccc(CCC(=O)c2cc[nH]c2)cc1.O=C(CCCCCCc1ccccc1)c1cc[nH]c1. The highest BCUT2D eigenvalue weighted by Crippen LogP contribution is 2.14.